The smallest absolute Gasteiger partial charge is 0.315 e. The first-order chi connectivity index (χ1) is 7.20. The van der Waals surface area contributed by atoms with Gasteiger partial charge < -0.3 is 20.5 Å². The third-order valence-electron chi connectivity index (χ3n) is 2.38. The van der Waals surface area contributed by atoms with E-state index in [1.807, 2.05) is 0 Å². The molecule has 0 bridgehead atoms. The number of nitrogens with one attached hydrogen (secondary N) is 2. The van der Waals surface area contributed by atoms with E-state index in [-0.39, 0.29) is 17.8 Å². The highest BCUT2D eigenvalue weighted by molar-refractivity contribution is 5.77. The number of ether oxygens (including phenoxy) is 1. The number of methoxy groups -OCH3 is 1. The number of carbonyl (C=O) groups is 1. The molecular formula is C10H12N2O3. The minimum absolute atomic E-state index is 0.157. The zero-order valence-electron chi connectivity index (χ0n) is 8.28. The summed E-state index contributed by atoms with van der Waals surface area (Å²) in [4.78, 5) is 11.0. The largest absolute Gasteiger partial charge is 0.508 e. The highest BCUT2D eigenvalue weighted by Gasteiger charge is 2.24. The van der Waals surface area contributed by atoms with Crippen molar-refractivity contribution in [1.82, 2.24) is 10.6 Å². The molecular weight excluding hydrogens is 196 g/mol. The maximum Gasteiger partial charge on any atom is 0.315 e. The predicted octanol–water partition coefficient (Wildman–Crippen LogP) is 0.755. The SMILES string of the molecule is COc1ccc(O)c([C@H]2CNC(=O)N2)c1. The molecule has 15 heavy (non-hydrogen) atoms. The van der Waals surface area contributed by atoms with Crippen LogP contribution in [0.15, 0.2) is 18.2 Å². The lowest BCUT2D eigenvalue weighted by molar-refractivity contribution is 0.247. The first-order valence-corrected chi connectivity index (χ1v) is 4.62. The van der Waals surface area contributed by atoms with Crippen LogP contribution in [0.2, 0.25) is 0 Å². The molecule has 0 aliphatic carbocycles. The van der Waals surface area contributed by atoms with Crippen LogP contribution >= 0.6 is 0 Å². The van der Waals surface area contributed by atoms with E-state index in [4.69, 9.17) is 4.74 Å². The first kappa shape index (κ1) is 9.64. The van der Waals surface area contributed by atoms with Crippen LogP contribution in [-0.4, -0.2) is 24.8 Å². The van der Waals surface area contributed by atoms with Gasteiger partial charge >= 0.3 is 6.03 Å². The van der Waals surface area contributed by atoms with Gasteiger partial charge in [0.15, 0.2) is 0 Å². The van der Waals surface area contributed by atoms with Gasteiger partial charge in [0.2, 0.25) is 0 Å². The summed E-state index contributed by atoms with van der Waals surface area (Å²) in [5.41, 5.74) is 0.660. The number of carbonyl (C=O) groups excluding carboxylic acids is 1. The lowest BCUT2D eigenvalue weighted by Gasteiger charge is -2.12. The fourth-order valence-corrected chi connectivity index (χ4v) is 1.58. The van der Waals surface area contributed by atoms with Gasteiger partial charge in [0.05, 0.1) is 13.2 Å². The van der Waals surface area contributed by atoms with Crippen LogP contribution in [0.3, 0.4) is 0 Å². The molecule has 1 atom stereocenters. The van der Waals surface area contributed by atoms with Crippen LogP contribution in [0.5, 0.6) is 11.5 Å². The molecule has 0 aromatic heterocycles. The van der Waals surface area contributed by atoms with Crippen LogP contribution in [0.25, 0.3) is 0 Å². The second-order valence-electron chi connectivity index (χ2n) is 3.33. The quantitative estimate of drug-likeness (QED) is 0.671. The molecule has 0 spiro atoms. The van der Waals surface area contributed by atoms with Crippen molar-refractivity contribution in [2.75, 3.05) is 13.7 Å². The van der Waals surface area contributed by atoms with Crippen LogP contribution in [0.1, 0.15) is 11.6 Å². The Morgan fingerprint density at radius 3 is 2.93 bits per heavy atom. The Kier molecular flexibility index (Phi) is 2.37. The molecule has 1 saturated heterocycles. The van der Waals surface area contributed by atoms with Crippen LogP contribution < -0.4 is 15.4 Å². The Morgan fingerprint density at radius 1 is 1.53 bits per heavy atom. The van der Waals surface area contributed by atoms with E-state index in [9.17, 15) is 9.90 Å². The van der Waals surface area contributed by atoms with Gasteiger partial charge in [-0.1, -0.05) is 0 Å². The Labute approximate surface area is 87.1 Å². The highest BCUT2D eigenvalue weighted by Crippen LogP contribution is 2.29. The third-order valence-corrected chi connectivity index (χ3v) is 2.38. The Morgan fingerprint density at radius 2 is 2.33 bits per heavy atom. The van der Waals surface area contributed by atoms with Gasteiger partial charge in [0, 0.05) is 12.1 Å². The number of aromatic hydroxyl groups is 1. The van der Waals surface area contributed by atoms with Gasteiger partial charge in [-0.3, -0.25) is 0 Å². The second kappa shape index (κ2) is 3.68. The number of hydrogen-bond acceptors (Lipinski definition) is 3. The van der Waals surface area contributed by atoms with E-state index in [0.717, 1.165) is 0 Å². The average molecular weight is 208 g/mol. The van der Waals surface area contributed by atoms with Gasteiger partial charge in [-0.2, -0.15) is 0 Å². The Hall–Kier alpha value is -1.91. The number of rotatable bonds is 2. The van der Waals surface area contributed by atoms with Crippen molar-refractivity contribution in [3.63, 3.8) is 0 Å². The van der Waals surface area contributed by atoms with E-state index in [0.29, 0.717) is 17.9 Å². The summed E-state index contributed by atoms with van der Waals surface area (Å²) >= 11 is 0. The maximum absolute atomic E-state index is 11.0. The molecule has 0 radical (unpaired) electrons. The van der Waals surface area contributed by atoms with Crippen molar-refractivity contribution in [3.8, 4) is 11.5 Å². The molecule has 1 aromatic carbocycles. The van der Waals surface area contributed by atoms with Crippen molar-refractivity contribution in [3.05, 3.63) is 23.8 Å². The minimum atomic E-state index is -0.220. The number of urea groups is 1. The molecule has 1 aliphatic heterocycles. The molecule has 2 amide bonds. The van der Waals surface area contributed by atoms with E-state index in [1.165, 1.54) is 0 Å². The summed E-state index contributed by atoms with van der Waals surface area (Å²) < 4.78 is 5.05. The maximum atomic E-state index is 11.0. The summed E-state index contributed by atoms with van der Waals surface area (Å²) in [5.74, 6) is 0.814. The normalized spacial score (nSPS) is 19.5. The monoisotopic (exact) mass is 208 g/mol. The molecule has 0 saturated carbocycles. The van der Waals surface area contributed by atoms with Crippen molar-refractivity contribution in [1.29, 1.82) is 0 Å². The zero-order valence-corrected chi connectivity index (χ0v) is 8.28. The first-order valence-electron chi connectivity index (χ1n) is 4.62. The predicted molar refractivity (Wildman–Crippen MR) is 53.9 cm³/mol. The zero-order chi connectivity index (χ0) is 10.8. The summed E-state index contributed by atoms with van der Waals surface area (Å²) in [6, 6.07) is 4.52. The third kappa shape index (κ3) is 1.81. The van der Waals surface area contributed by atoms with Crippen molar-refractivity contribution in [2.24, 2.45) is 0 Å². The molecule has 1 fully saturated rings. The van der Waals surface area contributed by atoms with Gasteiger partial charge in [0.25, 0.3) is 0 Å². The van der Waals surface area contributed by atoms with E-state index < -0.39 is 0 Å². The Bertz CT molecular complexity index is 392. The van der Waals surface area contributed by atoms with E-state index >= 15 is 0 Å². The lowest BCUT2D eigenvalue weighted by Crippen LogP contribution is -2.21. The van der Waals surface area contributed by atoms with Crippen LogP contribution in [0.4, 0.5) is 4.79 Å². The summed E-state index contributed by atoms with van der Waals surface area (Å²) in [6.45, 7) is 0.472. The number of amides is 2. The van der Waals surface area contributed by atoms with Crippen molar-refractivity contribution in [2.45, 2.75) is 6.04 Å². The standard InChI is InChI=1S/C10H12N2O3/c1-15-6-2-3-9(13)7(4-6)8-5-11-10(14)12-8/h2-4,8,13H,5H2,1H3,(H2,11,12,14)/t8-/m1/s1. The van der Waals surface area contributed by atoms with Gasteiger partial charge in [-0.15, -0.1) is 0 Å². The topological polar surface area (TPSA) is 70.6 Å². The van der Waals surface area contributed by atoms with Gasteiger partial charge in [0.1, 0.15) is 11.5 Å². The summed E-state index contributed by atoms with van der Waals surface area (Å²) in [6.07, 6.45) is 0. The minimum Gasteiger partial charge on any atom is -0.508 e. The van der Waals surface area contributed by atoms with Gasteiger partial charge in [-0.05, 0) is 18.2 Å². The molecule has 1 aromatic rings. The molecule has 5 heteroatoms. The second-order valence-corrected chi connectivity index (χ2v) is 3.33. The van der Waals surface area contributed by atoms with Crippen molar-refractivity contribution < 1.29 is 14.6 Å². The molecule has 0 unspecified atom stereocenters. The van der Waals surface area contributed by atoms with E-state index in [1.54, 1.807) is 25.3 Å². The number of phenols is 1. The van der Waals surface area contributed by atoms with Crippen LogP contribution in [0, 0.1) is 0 Å². The summed E-state index contributed by atoms with van der Waals surface area (Å²) in [7, 11) is 1.56. The van der Waals surface area contributed by atoms with Gasteiger partial charge in [-0.25, -0.2) is 4.79 Å². The fourth-order valence-electron chi connectivity index (χ4n) is 1.58. The highest BCUT2D eigenvalue weighted by atomic mass is 16.5. The molecule has 5 nitrogen and oxygen atoms in total. The molecule has 2 rings (SSSR count). The fraction of sp³-hybridized carbons (Fsp3) is 0.300. The average Bonchev–Trinajstić information content (AvgIpc) is 2.65. The summed E-state index contributed by atoms with van der Waals surface area (Å²) in [5, 5.41) is 15.0. The number of benzene rings is 1. The number of hydrogen-bond donors (Lipinski definition) is 3. The molecule has 80 valence electrons. The van der Waals surface area contributed by atoms with Crippen molar-refractivity contribution >= 4 is 6.03 Å². The molecule has 1 aliphatic rings. The lowest BCUT2D eigenvalue weighted by atomic mass is 10.1. The number of phenolic OH excluding ortho intramolecular Hbond substituents is 1. The van der Waals surface area contributed by atoms with Crippen LogP contribution in [-0.2, 0) is 0 Å². The Balaban J connectivity index is 2.30. The van der Waals surface area contributed by atoms with E-state index in [2.05, 4.69) is 10.6 Å². The molecule has 1 heterocycles. The molecule has 3 N–H and O–H groups in total.